The van der Waals surface area contributed by atoms with E-state index in [1.54, 1.807) is 23.9 Å². The van der Waals surface area contributed by atoms with Crippen molar-refractivity contribution in [3.63, 3.8) is 0 Å². The highest BCUT2D eigenvalue weighted by molar-refractivity contribution is 7.98. The van der Waals surface area contributed by atoms with Crippen LogP contribution in [0.1, 0.15) is 22.3 Å². The second-order valence-electron chi connectivity index (χ2n) is 5.86. The summed E-state index contributed by atoms with van der Waals surface area (Å²) in [6.07, 6.45) is 0.870. The van der Waals surface area contributed by atoms with Crippen LogP contribution in [-0.2, 0) is 5.75 Å². The van der Waals surface area contributed by atoms with E-state index < -0.39 is 0 Å². The predicted molar refractivity (Wildman–Crippen MR) is 101 cm³/mol. The fourth-order valence-corrected chi connectivity index (χ4v) is 4.13. The van der Waals surface area contributed by atoms with E-state index >= 15 is 0 Å². The van der Waals surface area contributed by atoms with Gasteiger partial charge in [0.25, 0.3) is 5.91 Å². The Morgan fingerprint density at radius 2 is 2.08 bits per heavy atom. The van der Waals surface area contributed by atoms with Gasteiger partial charge in [-0.25, -0.2) is 0 Å². The van der Waals surface area contributed by atoms with Gasteiger partial charge in [0.1, 0.15) is 0 Å². The van der Waals surface area contributed by atoms with Crippen molar-refractivity contribution >= 4 is 40.9 Å². The first-order valence-electron chi connectivity index (χ1n) is 7.74. The van der Waals surface area contributed by atoms with E-state index in [-0.39, 0.29) is 11.9 Å². The van der Waals surface area contributed by atoms with Crippen LogP contribution in [0, 0.1) is 0 Å². The molecule has 1 heterocycles. The summed E-state index contributed by atoms with van der Waals surface area (Å²) in [6, 6.07) is 13.2. The number of nitrogens with two attached hydrogens (primary N) is 1. The number of amides is 1. The Hall–Kier alpha value is -1.20. The third-order valence-electron chi connectivity index (χ3n) is 3.97. The number of carbonyl (C=O) groups is 1. The molecule has 0 spiro atoms. The molecule has 2 N–H and O–H groups in total. The lowest BCUT2D eigenvalue weighted by atomic mass is 10.1. The van der Waals surface area contributed by atoms with E-state index in [0.717, 1.165) is 29.2 Å². The van der Waals surface area contributed by atoms with E-state index in [2.05, 4.69) is 0 Å². The predicted octanol–water partition coefficient (Wildman–Crippen LogP) is 4.46. The molecule has 126 valence electrons. The zero-order valence-electron chi connectivity index (χ0n) is 13.0. The monoisotopic (exact) mass is 380 g/mol. The Morgan fingerprint density at radius 1 is 1.25 bits per heavy atom. The molecular weight excluding hydrogens is 363 g/mol. The molecule has 2 aromatic rings. The van der Waals surface area contributed by atoms with Crippen molar-refractivity contribution < 1.29 is 4.79 Å². The molecule has 0 aromatic heterocycles. The minimum atomic E-state index is 0.0515. The second kappa shape index (κ2) is 7.79. The minimum Gasteiger partial charge on any atom is -0.337 e. The molecule has 1 aliphatic heterocycles. The topological polar surface area (TPSA) is 46.3 Å². The van der Waals surface area contributed by atoms with E-state index in [0.29, 0.717) is 22.2 Å². The number of likely N-dealkylation sites (tertiary alicyclic amines) is 1. The van der Waals surface area contributed by atoms with Crippen LogP contribution < -0.4 is 5.73 Å². The average Bonchev–Trinajstić information content (AvgIpc) is 3.02. The fourth-order valence-electron chi connectivity index (χ4n) is 2.70. The molecule has 3 nitrogen and oxygen atoms in total. The maximum absolute atomic E-state index is 12.5. The molecule has 24 heavy (non-hydrogen) atoms. The first-order chi connectivity index (χ1) is 11.5. The number of benzene rings is 2. The number of halogens is 2. The maximum Gasteiger partial charge on any atom is 0.253 e. The molecule has 6 heteroatoms. The number of hydrogen-bond acceptors (Lipinski definition) is 3. The van der Waals surface area contributed by atoms with Gasteiger partial charge in [0.05, 0.1) is 5.02 Å². The van der Waals surface area contributed by atoms with Crippen LogP contribution in [0.2, 0.25) is 10.0 Å². The summed E-state index contributed by atoms with van der Waals surface area (Å²) in [4.78, 5) is 15.3. The van der Waals surface area contributed by atoms with Gasteiger partial charge in [0.2, 0.25) is 0 Å². The lowest BCUT2D eigenvalue weighted by molar-refractivity contribution is 0.0791. The maximum atomic E-state index is 12.5. The normalized spacial score (nSPS) is 17.3. The number of rotatable bonds is 4. The van der Waals surface area contributed by atoms with Crippen LogP contribution >= 0.6 is 35.0 Å². The zero-order chi connectivity index (χ0) is 17.1. The molecule has 2 aromatic carbocycles. The molecule has 0 aliphatic carbocycles. The van der Waals surface area contributed by atoms with Gasteiger partial charge < -0.3 is 10.6 Å². The van der Waals surface area contributed by atoms with Crippen molar-refractivity contribution in [3.8, 4) is 0 Å². The van der Waals surface area contributed by atoms with Gasteiger partial charge in [-0.15, -0.1) is 11.8 Å². The summed E-state index contributed by atoms with van der Waals surface area (Å²) >= 11 is 13.8. The van der Waals surface area contributed by atoms with Crippen LogP contribution in [0.5, 0.6) is 0 Å². The third kappa shape index (κ3) is 4.25. The summed E-state index contributed by atoms with van der Waals surface area (Å²) in [7, 11) is 0. The second-order valence-corrected chi connectivity index (χ2v) is 7.72. The van der Waals surface area contributed by atoms with Crippen LogP contribution in [0.15, 0.2) is 47.4 Å². The highest BCUT2D eigenvalue weighted by atomic mass is 35.5. The average molecular weight is 381 g/mol. The first-order valence-corrected chi connectivity index (χ1v) is 9.49. The number of thioether (sulfide) groups is 1. The molecule has 0 bridgehead atoms. The van der Waals surface area contributed by atoms with Gasteiger partial charge in [-0.2, -0.15) is 0 Å². The van der Waals surface area contributed by atoms with Crippen molar-refractivity contribution in [1.82, 2.24) is 4.90 Å². The Labute approximate surface area is 156 Å². The molecule has 0 radical (unpaired) electrons. The fraction of sp³-hybridized carbons (Fsp3) is 0.278. The Kier molecular flexibility index (Phi) is 5.72. The van der Waals surface area contributed by atoms with Gasteiger partial charge in [-0.1, -0.05) is 35.3 Å². The Balaban J connectivity index is 1.69. The number of hydrogen-bond donors (Lipinski definition) is 1. The summed E-state index contributed by atoms with van der Waals surface area (Å²) in [5.74, 6) is 0.774. The summed E-state index contributed by atoms with van der Waals surface area (Å²) in [5.41, 5.74) is 7.67. The highest BCUT2D eigenvalue weighted by Crippen LogP contribution is 2.32. The van der Waals surface area contributed by atoms with Crippen LogP contribution in [0.3, 0.4) is 0 Å². The minimum absolute atomic E-state index is 0.0515. The van der Waals surface area contributed by atoms with E-state index in [9.17, 15) is 4.79 Å². The molecule has 0 unspecified atom stereocenters. The third-order valence-corrected chi connectivity index (χ3v) is 5.78. The van der Waals surface area contributed by atoms with Crippen molar-refractivity contribution in [3.05, 3.63) is 63.6 Å². The van der Waals surface area contributed by atoms with Crippen molar-refractivity contribution in [2.45, 2.75) is 23.1 Å². The van der Waals surface area contributed by atoms with E-state index in [4.69, 9.17) is 28.9 Å². The molecule has 1 aliphatic rings. The van der Waals surface area contributed by atoms with Crippen molar-refractivity contribution in [2.75, 3.05) is 13.1 Å². The number of nitrogens with zero attached hydrogens (tertiary/aromatic N) is 1. The molecule has 1 atom stereocenters. The van der Waals surface area contributed by atoms with E-state index in [1.807, 2.05) is 35.2 Å². The molecule has 1 saturated heterocycles. The molecule has 0 saturated carbocycles. The molecule has 3 rings (SSSR count). The van der Waals surface area contributed by atoms with Crippen LogP contribution in [0.4, 0.5) is 0 Å². The Bertz CT molecular complexity index is 754. The van der Waals surface area contributed by atoms with E-state index in [1.165, 1.54) is 0 Å². The highest BCUT2D eigenvalue weighted by Gasteiger charge is 2.24. The van der Waals surface area contributed by atoms with Gasteiger partial charge in [0.15, 0.2) is 0 Å². The smallest absolute Gasteiger partial charge is 0.253 e. The first kappa shape index (κ1) is 17.6. The lowest BCUT2D eigenvalue weighted by Crippen LogP contribution is -2.31. The van der Waals surface area contributed by atoms with Gasteiger partial charge in [0, 0.05) is 40.4 Å². The quantitative estimate of drug-likeness (QED) is 0.796. The summed E-state index contributed by atoms with van der Waals surface area (Å²) < 4.78 is 0. The zero-order valence-corrected chi connectivity index (χ0v) is 15.4. The van der Waals surface area contributed by atoms with Gasteiger partial charge >= 0.3 is 0 Å². The largest absolute Gasteiger partial charge is 0.337 e. The SMILES string of the molecule is N[C@@H]1CCN(C(=O)c2cccc(CSc3cc(Cl)ccc3Cl)c2)C1. The Morgan fingerprint density at radius 3 is 2.83 bits per heavy atom. The van der Waals surface area contributed by atoms with Crippen LogP contribution in [0.25, 0.3) is 0 Å². The lowest BCUT2D eigenvalue weighted by Gasteiger charge is -2.16. The summed E-state index contributed by atoms with van der Waals surface area (Å²) in [5, 5.41) is 1.35. The molecular formula is C18H18Cl2N2OS. The van der Waals surface area contributed by atoms with Crippen molar-refractivity contribution in [2.24, 2.45) is 5.73 Å². The number of carbonyl (C=O) groups excluding carboxylic acids is 1. The summed E-state index contributed by atoms with van der Waals surface area (Å²) in [6.45, 7) is 1.37. The van der Waals surface area contributed by atoms with Crippen LogP contribution in [-0.4, -0.2) is 29.9 Å². The molecule has 1 amide bonds. The van der Waals surface area contributed by atoms with Gasteiger partial charge in [-0.05, 0) is 42.3 Å². The standard InChI is InChI=1S/C18H18Cl2N2OS/c19-14-4-5-16(20)17(9-14)24-11-12-2-1-3-13(8-12)18(23)22-7-6-15(21)10-22/h1-5,8-9,15H,6-7,10-11,21H2/t15-/m1/s1. The van der Waals surface area contributed by atoms with Crippen molar-refractivity contribution in [1.29, 1.82) is 0 Å². The molecule has 1 fully saturated rings. The van der Waals surface area contributed by atoms with Gasteiger partial charge in [-0.3, -0.25) is 4.79 Å².